The van der Waals surface area contributed by atoms with Crippen molar-refractivity contribution in [1.82, 2.24) is 15.0 Å². The number of aromatic nitrogens is 3. The molecule has 0 fully saturated rings. The zero-order valence-electron chi connectivity index (χ0n) is 7.15. The predicted molar refractivity (Wildman–Crippen MR) is 53.6 cm³/mol. The van der Waals surface area contributed by atoms with E-state index in [1.807, 2.05) is 0 Å². The van der Waals surface area contributed by atoms with E-state index in [2.05, 4.69) is 15.0 Å². The van der Waals surface area contributed by atoms with Crippen LogP contribution in [0.3, 0.4) is 0 Å². The fourth-order valence-corrected chi connectivity index (χ4v) is 1.28. The minimum atomic E-state index is -0.0975. The van der Waals surface area contributed by atoms with Gasteiger partial charge in [0.05, 0.1) is 0 Å². The number of ketones is 1. The van der Waals surface area contributed by atoms with Crippen LogP contribution in [0, 0.1) is 4.77 Å². The predicted octanol–water partition coefficient (Wildman–Crippen LogP) is 1.70. The fourth-order valence-electron chi connectivity index (χ4n) is 1.11. The van der Waals surface area contributed by atoms with Crippen molar-refractivity contribution in [3.8, 4) is 0 Å². The monoisotopic (exact) mass is 205 g/mol. The molecule has 4 nitrogen and oxygen atoms in total. The van der Waals surface area contributed by atoms with Gasteiger partial charge in [0.1, 0.15) is 5.69 Å². The molecule has 0 radical (unpaired) electrons. The first kappa shape index (κ1) is 8.83. The van der Waals surface area contributed by atoms with Gasteiger partial charge >= 0.3 is 0 Å². The van der Waals surface area contributed by atoms with Gasteiger partial charge in [-0.2, -0.15) is 0 Å². The smallest absolute Gasteiger partial charge is 0.210 e. The van der Waals surface area contributed by atoms with E-state index in [1.165, 1.54) is 0 Å². The first-order chi connectivity index (χ1) is 6.77. The zero-order chi connectivity index (χ0) is 9.97. The van der Waals surface area contributed by atoms with Crippen LogP contribution in [0.2, 0.25) is 0 Å². The van der Waals surface area contributed by atoms with Crippen molar-refractivity contribution in [3.63, 3.8) is 0 Å². The molecular formula is C9H7N3OS. The van der Waals surface area contributed by atoms with Crippen molar-refractivity contribution >= 4 is 18.0 Å². The molecule has 0 aliphatic heterocycles. The summed E-state index contributed by atoms with van der Waals surface area (Å²) in [4.78, 5) is 21.1. The van der Waals surface area contributed by atoms with E-state index in [9.17, 15) is 4.79 Å². The van der Waals surface area contributed by atoms with Crippen molar-refractivity contribution in [2.45, 2.75) is 0 Å². The summed E-state index contributed by atoms with van der Waals surface area (Å²) in [5.74, 6) is -0.0975. The second kappa shape index (κ2) is 3.55. The maximum absolute atomic E-state index is 11.7. The summed E-state index contributed by atoms with van der Waals surface area (Å²) in [5, 5.41) is 0. The van der Waals surface area contributed by atoms with E-state index in [-0.39, 0.29) is 5.78 Å². The third kappa shape index (κ3) is 1.62. The number of nitrogens with one attached hydrogen (secondary N) is 2. The Morgan fingerprint density at radius 1 is 1.36 bits per heavy atom. The van der Waals surface area contributed by atoms with Crippen molar-refractivity contribution in [1.29, 1.82) is 0 Å². The molecule has 0 spiro atoms. The molecule has 70 valence electrons. The highest BCUT2D eigenvalue weighted by molar-refractivity contribution is 7.71. The van der Waals surface area contributed by atoms with Crippen LogP contribution >= 0.6 is 12.2 Å². The number of hydrogen-bond donors (Lipinski definition) is 2. The minimum Gasteiger partial charge on any atom is -0.337 e. The molecule has 0 aromatic carbocycles. The van der Waals surface area contributed by atoms with Crippen molar-refractivity contribution in [2.24, 2.45) is 0 Å². The Balaban J connectivity index is 2.38. The van der Waals surface area contributed by atoms with Gasteiger partial charge in [0, 0.05) is 24.2 Å². The van der Waals surface area contributed by atoms with Gasteiger partial charge in [-0.1, -0.05) is 0 Å². The van der Waals surface area contributed by atoms with E-state index >= 15 is 0 Å². The Hall–Kier alpha value is -1.75. The molecule has 2 aromatic rings. The van der Waals surface area contributed by atoms with Crippen molar-refractivity contribution < 1.29 is 4.79 Å². The molecule has 0 aliphatic rings. The highest BCUT2D eigenvalue weighted by atomic mass is 32.1. The number of H-pyrrole nitrogens is 2. The van der Waals surface area contributed by atoms with Crippen LogP contribution < -0.4 is 0 Å². The van der Waals surface area contributed by atoms with E-state index in [0.717, 1.165) is 0 Å². The van der Waals surface area contributed by atoms with Gasteiger partial charge in [-0.25, -0.2) is 0 Å². The van der Waals surface area contributed by atoms with E-state index in [4.69, 9.17) is 12.2 Å². The maximum atomic E-state index is 11.7. The standard InChI is InChI=1S/C9H7N3OS/c13-8(6-1-3-10-4-2-6)7-5-11-9(14)12-7/h1-5H,(H2,11,12,14). The number of aromatic amines is 2. The molecule has 0 unspecified atom stereocenters. The van der Waals surface area contributed by atoms with Gasteiger partial charge in [-0.05, 0) is 24.4 Å². The Morgan fingerprint density at radius 3 is 2.64 bits per heavy atom. The summed E-state index contributed by atoms with van der Waals surface area (Å²) in [6.07, 6.45) is 4.72. The third-order valence-corrected chi connectivity index (χ3v) is 2.00. The summed E-state index contributed by atoms with van der Waals surface area (Å²) in [5.41, 5.74) is 1.05. The highest BCUT2D eigenvalue weighted by Gasteiger charge is 2.09. The van der Waals surface area contributed by atoms with E-state index in [0.29, 0.717) is 16.0 Å². The molecule has 0 atom stereocenters. The summed E-state index contributed by atoms with van der Waals surface area (Å²) < 4.78 is 0.447. The van der Waals surface area contributed by atoms with Gasteiger partial charge in [0.15, 0.2) is 4.77 Å². The van der Waals surface area contributed by atoms with Crippen LogP contribution in [0.4, 0.5) is 0 Å². The zero-order valence-corrected chi connectivity index (χ0v) is 7.97. The summed E-state index contributed by atoms with van der Waals surface area (Å²) in [7, 11) is 0. The largest absolute Gasteiger partial charge is 0.337 e. The van der Waals surface area contributed by atoms with Crippen LogP contribution in [-0.4, -0.2) is 20.7 Å². The molecule has 14 heavy (non-hydrogen) atoms. The Labute approximate surface area is 85.0 Å². The number of carbonyl (C=O) groups excluding carboxylic acids is 1. The lowest BCUT2D eigenvalue weighted by atomic mass is 10.1. The SMILES string of the molecule is O=C(c1ccncc1)c1c[nH]c(=S)[nH]1. The first-order valence-electron chi connectivity index (χ1n) is 4.00. The molecule has 0 saturated heterocycles. The molecule has 0 saturated carbocycles. The van der Waals surface area contributed by atoms with Crippen molar-refractivity contribution in [3.05, 3.63) is 46.8 Å². The lowest BCUT2D eigenvalue weighted by Gasteiger charge is -1.95. The molecule has 0 aliphatic carbocycles. The van der Waals surface area contributed by atoms with Gasteiger partial charge in [-0.15, -0.1) is 0 Å². The maximum Gasteiger partial charge on any atom is 0.210 e. The second-order valence-corrected chi connectivity index (χ2v) is 3.13. The lowest BCUT2D eigenvalue weighted by Crippen LogP contribution is -2.01. The molecule has 2 rings (SSSR count). The molecular weight excluding hydrogens is 198 g/mol. The topological polar surface area (TPSA) is 61.5 Å². The summed E-state index contributed by atoms with van der Waals surface area (Å²) in [6.45, 7) is 0. The molecule has 2 N–H and O–H groups in total. The van der Waals surface area contributed by atoms with Crippen LogP contribution in [0.15, 0.2) is 30.7 Å². The number of rotatable bonds is 2. The normalized spacial score (nSPS) is 10.0. The average Bonchev–Trinajstić information content (AvgIpc) is 2.65. The summed E-state index contributed by atoms with van der Waals surface area (Å²) >= 11 is 4.83. The molecule has 2 heterocycles. The number of nitrogens with zero attached hydrogens (tertiary/aromatic N) is 1. The lowest BCUT2D eigenvalue weighted by molar-refractivity contribution is 0.103. The number of pyridine rings is 1. The van der Waals surface area contributed by atoms with Crippen LogP contribution in [-0.2, 0) is 0 Å². The first-order valence-corrected chi connectivity index (χ1v) is 4.40. The molecule has 0 bridgehead atoms. The number of hydrogen-bond acceptors (Lipinski definition) is 3. The second-order valence-electron chi connectivity index (χ2n) is 2.72. The molecule has 0 amide bonds. The number of imidazole rings is 1. The quantitative estimate of drug-likeness (QED) is 0.579. The summed E-state index contributed by atoms with van der Waals surface area (Å²) in [6, 6.07) is 3.32. The van der Waals surface area contributed by atoms with Gasteiger partial charge < -0.3 is 9.97 Å². The van der Waals surface area contributed by atoms with Crippen LogP contribution in [0.1, 0.15) is 16.1 Å². The number of carbonyl (C=O) groups is 1. The fraction of sp³-hybridized carbons (Fsp3) is 0. The Morgan fingerprint density at radius 2 is 2.07 bits per heavy atom. The Bertz CT molecular complexity index is 500. The van der Waals surface area contributed by atoms with E-state index in [1.54, 1.807) is 30.7 Å². The van der Waals surface area contributed by atoms with Crippen LogP contribution in [0.5, 0.6) is 0 Å². The molecule has 5 heteroatoms. The van der Waals surface area contributed by atoms with Gasteiger partial charge in [-0.3, -0.25) is 9.78 Å². The van der Waals surface area contributed by atoms with Gasteiger partial charge in [0.25, 0.3) is 0 Å². The average molecular weight is 205 g/mol. The third-order valence-electron chi connectivity index (χ3n) is 1.78. The minimum absolute atomic E-state index is 0.0975. The van der Waals surface area contributed by atoms with Crippen molar-refractivity contribution in [2.75, 3.05) is 0 Å². The molecule has 2 aromatic heterocycles. The van der Waals surface area contributed by atoms with E-state index < -0.39 is 0 Å². The highest BCUT2D eigenvalue weighted by Crippen LogP contribution is 2.05. The van der Waals surface area contributed by atoms with Gasteiger partial charge in [0.2, 0.25) is 5.78 Å². The van der Waals surface area contributed by atoms with Crippen LogP contribution in [0.25, 0.3) is 0 Å². The Kier molecular flexibility index (Phi) is 2.24.